The number of nitrogens with zero attached hydrogens (tertiary/aromatic N) is 3. The molecule has 0 bridgehead atoms. The molecule has 30 heavy (non-hydrogen) atoms. The number of unbranched alkanes of at least 4 members (excludes halogenated alkanes) is 1. The van der Waals surface area contributed by atoms with Crippen molar-refractivity contribution < 1.29 is 14.3 Å². The fourth-order valence-corrected chi connectivity index (χ4v) is 4.00. The van der Waals surface area contributed by atoms with E-state index in [0.29, 0.717) is 30.8 Å². The third-order valence-electron chi connectivity index (χ3n) is 5.93. The lowest BCUT2D eigenvalue weighted by Crippen LogP contribution is -2.47. The van der Waals surface area contributed by atoms with E-state index in [-0.39, 0.29) is 11.8 Å². The Morgan fingerprint density at radius 1 is 0.900 bits per heavy atom. The Hall–Kier alpha value is -2.18. The largest absolute Gasteiger partial charge is 0.381 e. The summed E-state index contributed by atoms with van der Waals surface area (Å²) in [5.74, 6) is -0.334. The average molecular weight is 414 g/mol. The lowest BCUT2D eigenvalue weighted by Gasteiger charge is -2.36. The van der Waals surface area contributed by atoms with Gasteiger partial charge in [0, 0.05) is 45.9 Å². The number of rotatable bonds is 10. The molecule has 1 fully saturated rings. The summed E-state index contributed by atoms with van der Waals surface area (Å²) in [5, 5.41) is 0. The molecule has 6 heteroatoms. The van der Waals surface area contributed by atoms with Crippen LogP contribution in [0.1, 0.15) is 44.2 Å². The number of carbonyl (C=O) groups is 2. The SMILES string of the molecule is CCCCOCCCN1C(=O)C(c2ccc(C)cc2)=C(N2CCN(CC)CC2)C1=O. The third kappa shape index (κ3) is 5.10. The van der Waals surface area contributed by atoms with Crippen LogP contribution in [0.15, 0.2) is 30.0 Å². The van der Waals surface area contributed by atoms with E-state index in [1.54, 1.807) is 0 Å². The summed E-state index contributed by atoms with van der Waals surface area (Å²) in [6, 6.07) is 7.90. The maximum absolute atomic E-state index is 13.3. The molecule has 0 aliphatic carbocycles. The van der Waals surface area contributed by atoms with Gasteiger partial charge in [-0.15, -0.1) is 0 Å². The average Bonchev–Trinajstić information content (AvgIpc) is 3.01. The van der Waals surface area contributed by atoms with Crippen molar-refractivity contribution in [2.45, 2.75) is 40.0 Å². The molecule has 1 aromatic carbocycles. The van der Waals surface area contributed by atoms with E-state index in [1.807, 2.05) is 31.2 Å². The zero-order chi connectivity index (χ0) is 21.5. The standard InChI is InChI=1S/C24H35N3O3/c1-4-6-17-30-18-7-12-27-23(28)21(20-10-8-19(3)9-11-20)22(24(27)29)26-15-13-25(5-2)14-16-26/h8-11H,4-7,12-18H2,1-3H3. The van der Waals surface area contributed by atoms with Gasteiger partial charge >= 0.3 is 0 Å². The number of carbonyl (C=O) groups excluding carboxylic acids is 2. The molecule has 2 amide bonds. The van der Waals surface area contributed by atoms with Crippen LogP contribution in [0.4, 0.5) is 0 Å². The second-order valence-corrected chi connectivity index (χ2v) is 8.09. The normalized spacial score (nSPS) is 18.1. The number of piperazine rings is 1. The molecule has 0 radical (unpaired) electrons. The number of likely N-dealkylation sites (N-methyl/N-ethyl adjacent to an activating group) is 1. The molecule has 6 nitrogen and oxygen atoms in total. The number of benzene rings is 1. The predicted octanol–water partition coefficient (Wildman–Crippen LogP) is 2.92. The molecule has 0 unspecified atom stereocenters. The van der Waals surface area contributed by atoms with Crippen molar-refractivity contribution in [2.75, 3.05) is 52.5 Å². The van der Waals surface area contributed by atoms with Crippen LogP contribution in [0, 0.1) is 6.92 Å². The predicted molar refractivity (Wildman–Crippen MR) is 119 cm³/mol. The Morgan fingerprint density at radius 2 is 1.57 bits per heavy atom. The molecule has 3 rings (SSSR count). The Labute approximate surface area is 180 Å². The third-order valence-corrected chi connectivity index (χ3v) is 5.93. The summed E-state index contributed by atoms with van der Waals surface area (Å²) < 4.78 is 5.62. The Kier molecular flexibility index (Phi) is 8.05. The van der Waals surface area contributed by atoms with E-state index in [4.69, 9.17) is 4.74 Å². The first kappa shape index (κ1) is 22.5. The molecule has 164 valence electrons. The van der Waals surface area contributed by atoms with Crippen LogP contribution < -0.4 is 0 Å². The quantitative estimate of drug-likeness (QED) is 0.436. The van der Waals surface area contributed by atoms with Crippen molar-refractivity contribution >= 4 is 17.4 Å². The molecule has 2 heterocycles. The molecular formula is C24H35N3O3. The molecule has 0 spiro atoms. The second-order valence-electron chi connectivity index (χ2n) is 8.09. The molecule has 2 aliphatic heterocycles. The van der Waals surface area contributed by atoms with Gasteiger partial charge in [-0.25, -0.2) is 0 Å². The van der Waals surface area contributed by atoms with Crippen LogP contribution in [0.5, 0.6) is 0 Å². The smallest absolute Gasteiger partial charge is 0.277 e. The van der Waals surface area contributed by atoms with E-state index in [2.05, 4.69) is 23.6 Å². The summed E-state index contributed by atoms with van der Waals surface area (Å²) in [6.07, 6.45) is 2.80. The number of ether oxygens (including phenoxy) is 1. The summed E-state index contributed by atoms with van der Waals surface area (Å²) >= 11 is 0. The van der Waals surface area contributed by atoms with Gasteiger partial charge in [0.15, 0.2) is 0 Å². The number of amides is 2. The van der Waals surface area contributed by atoms with Gasteiger partial charge in [-0.3, -0.25) is 14.5 Å². The van der Waals surface area contributed by atoms with Gasteiger partial charge in [0.1, 0.15) is 5.70 Å². The monoisotopic (exact) mass is 413 g/mol. The highest BCUT2D eigenvalue weighted by Crippen LogP contribution is 2.32. The minimum absolute atomic E-state index is 0.158. The topological polar surface area (TPSA) is 53.1 Å². The van der Waals surface area contributed by atoms with Crippen LogP contribution in [0.2, 0.25) is 0 Å². The van der Waals surface area contributed by atoms with Crippen LogP contribution in [0.25, 0.3) is 5.57 Å². The van der Waals surface area contributed by atoms with Crippen molar-refractivity contribution in [3.8, 4) is 0 Å². The van der Waals surface area contributed by atoms with Gasteiger partial charge in [0.05, 0.1) is 5.57 Å². The number of imide groups is 1. The van der Waals surface area contributed by atoms with Crippen LogP contribution >= 0.6 is 0 Å². The van der Waals surface area contributed by atoms with Crippen molar-refractivity contribution in [2.24, 2.45) is 0 Å². The van der Waals surface area contributed by atoms with Gasteiger partial charge in [0.2, 0.25) is 0 Å². The maximum Gasteiger partial charge on any atom is 0.277 e. The highest BCUT2D eigenvalue weighted by atomic mass is 16.5. The molecule has 0 N–H and O–H groups in total. The van der Waals surface area contributed by atoms with Gasteiger partial charge < -0.3 is 14.5 Å². The zero-order valence-corrected chi connectivity index (χ0v) is 18.7. The lowest BCUT2D eigenvalue weighted by molar-refractivity contribution is -0.137. The second kappa shape index (κ2) is 10.7. The molecule has 1 saturated heterocycles. The van der Waals surface area contributed by atoms with Gasteiger partial charge in [-0.2, -0.15) is 0 Å². The van der Waals surface area contributed by atoms with Gasteiger partial charge in [-0.05, 0) is 31.9 Å². The molecular weight excluding hydrogens is 378 g/mol. The van der Waals surface area contributed by atoms with E-state index in [9.17, 15) is 9.59 Å². The number of aryl methyl sites for hydroxylation is 1. The van der Waals surface area contributed by atoms with Crippen LogP contribution in [0.3, 0.4) is 0 Å². The minimum Gasteiger partial charge on any atom is -0.381 e. The lowest BCUT2D eigenvalue weighted by atomic mass is 10.0. The fraction of sp³-hybridized carbons (Fsp3) is 0.583. The fourth-order valence-electron chi connectivity index (χ4n) is 4.00. The van der Waals surface area contributed by atoms with Crippen LogP contribution in [-0.2, 0) is 14.3 Å². The molecule has 0 atom stereocenters. The van der Waals surface area contributed by atoms with E-state index in [0.717, 1.165) is 63.3 Å². The number of hydrogen-bond acceptors (Lipinski definition) is 5. The molecule has 0 aromatic heterocycles. The first-order valence-electron chi connectivity index (χ1n) is 11.3. The molecule has 1 aromatic rings. The van der Waals surface area contributed by atoms with Crippen molar-refractivity contribution in [3.05, 3.63) is 41.1 Å². The summed E-state index contributed by atoms with van der Waals surface area (Å²) in [4.78, 5) is 32.5. The minimum atomic E-state index is -0.176. The maximum atomic E-state index is 13.3. The highest BCUT2D eigenvalue weighted by Gasteiger charge is 2.41. The Balaban J connectivity index is 1.78. The zero-order valence-electron chi connectivity index (χ0n) is 18.7. The van der Waals surface area contributed by atoms with Crippen molar-refractivity contribution in [1.82, 2.24) is 14.7 Å². The Bertz CT molecular complexity index is 764. The summed E-state index contributed by atoms with van der Waals surface area (Å²) in [7, 11) is 0. The molecule has 2 aliphatic rings. The van der Waals surface area contributed by atoms with Crippen LogP contribution in [-0.4, -0.2) is 79.0 Å². The molecule has 0 saturated carbocycles. The summed E-state index contributed by atoms with van der Waals surface area (Å²) in [5.41, 5.74) is 3.09. The Morgan fingerprint density at radius 3 is 2.20 bits per heavy atom. The number of hydrogen-bond donors (Lipinski definition) is 0. The highest BCUT2D eigenvalue weighted by molar-refractivity contribution is 6.35. The van der Waals surface area contributed by atoms with E-state index < -0.39 is 0 Å². The first-order valence-corrected chi connectivity index (χ1v) is 11.3. The first-order chi connectivity index (χ1) is 14.6. The van der Waals surface area contributed by atoms with Crippen molar-refractivity contribution in [1.29, 1.82) is 0 Å². The van der Waals surface area contributed by atoms with Crippen molar-refractivity contribution in [3.63, 3.8) is 0 Å². The van der Waals surface area contributed by atoms with E-state index in [1.165, 1.54) is 4.90 Å². The van der Waals surface area contributed by atoms with Gasteiger partial charge in [0.25, 0.3) is 11.8 Å². The summed E-state index contributed by atoms with van der Waals surface area (Å²) in [6.45, 7) is 12.4. The van der Waals surface area contributed by atoms with E-state index >= 15 is 0 Å². The van der Waals surface area contributed by atoms with Gasteiger partial charge in [-0.1, -0.05) is 50.1 Å².